The molecule has 6 aliphatic heterocycles. The molecule has 4 saturated heterocycles. The van der Waals surface area contributed by atoms with Crippen LogP contribution in [0.3, 0.4) is 0 Å². The van der Waals surface area contributed by atoms with Crippen molar-refractivity contribution in [1.29, 1.82) is 0 Å². The lowest BCUT2D eigenvalue weighted by Gasteiger charge is -2.20. The molecular formula is C47H61BrO17S3. The number of aliphatic hydroxyl groups excluding tert-OH is 2. The summed E-state index contributed by atoms with van der Waals surface area (Å²) in [4.78, 5) is 0.472. The monoisotopic (exact) mass is 1070 g/mol. The van der Waals surface area contributed by atoms with Gasteiger partial charge in [-0.1, -0.05) is 107 Å². The Bertz CT molecular complexity index is 2360. The first-order valence-electron chi connectivity index (χ1n) is 22.3. The molecule has 4 fully saturated rings. The minimum absolute atomic E-state index is 0.0463. The average Bonchev–Trinajstić information content (AvgIpc) is 4.19. The number of ether oxygens (including phenoxy) is 6. The third-order valence-electron chi connectivity index (χ3n) is 11.6. The number of hydrogen-bond donors (Lipinski definition) is 2. The number of alkyl halides is 1. The Labute approximate surface area is 408 Å². The van der Waals surface area contributed by atoms with E-state index >= 15 is 0 Å². The predicted octanol–water partition coefficient (Wildman–Crippen LogP) is 4.86. The first kappa shape index (κ1) is 54.4. The maximum absolute atomic E-state index is 12.2. The zero-order valence-corrected chi connectivity index (χ0v) is 42.5. The van der Waals surface area contributed by atoms with Crippen molar-refractivity contribution in [2.45, 2.75) is 122 Å². The zero-order valence-electron chi connectivity index (χ0n) is 38.4. The summed E-state index contributed by atoms with van der Waals surface area (Å²) in [6.45, 7) is 11.8. The molecule has 3 aromatic rings. The van der Waals surface area contributed by atoms with Gasteiger partial charge in [-0.3, -0.25) is 12.5 Å². The molecule has 3 aromatic carbocycles. The Morgan fingerprint density at radius 3 is 1.44 bits per heavy atom. The molecule has 6 heterocycles. The van der Waals surface area contributed by atoms with Crippen LogP contribution in [0.15, 0.2) is 112 Å². The molecule has 17 nitrogen and oxygen atoms in total. The summed E-state index contributed by atoms with van der Waals surface area (Å²) in [5.74, 6) is 0.274. The van der Waals surface area contributed by atoms with Gasteiger partial charge in [0.15, 0.2) is 0 Å². The Balaban J connectivity index is 0.000000154. The first-order chi connectivity index (χ1) is 32.3. The standard InChI is InChI=1S/C14H18O5S.C13H15BrO5S.C13H16O5S.C7H12O2/c1-9-3-5-11(6-4-9)20(15,16)19-12-8-18-13-10(2)7-17-14(12)13;1-8-2-4-9(5-3-8)20(15,16)19-11-7-18-12-10(14)6-17-13(11)12;1-10-4-6-11(7-5-10)19(15,16)18-13(9-14)12-3-2-8-17-12;1-2-6(8)7-4-3-5-9-7/h3-6,10,12-14H,7-8H2,1-2H3;2-5,10-13H,6-7H2,1H3;2-7,12-14H,8-9H2,1H3;3-4,6-8H,2,5H2,1H3/t10-,12+,13-,14-;10-,11-,12+,13+;12-,13-;6-,7+/m1001/s1. The molecule has 376 valence electrons. The molecule has 0 amide bonds. The number of halogens is 1. The van der Waals surface area contributed by atoms with E-state index in [9.17, 15) is 35.5 Å². The van der Waals surface area contributed by atoms with Crippen LogP contribution in [0.25, 0.3) is 0 Å². The van der Waals surface area contributed by atoms with Gasteiger partial charge in [0, 0.05) is 5.92 Å². The van der Waals surface area contributed by atoms with E-state index in [1.807, 2.05) is 46.8 Å². The van der Waals surface area contributed by atoms with E-state index in [1.165, 1.54) is 12.1 Å². The average molecular weight is 1070 g/mol. The highest BCUT2D eigenvalue weighted by atomic mass is 79.9. The second-order valence-electron chi connectivity index (χ2n) is 17.0. The molecule has 0 radical (unpaired) electrons. The third-order valence-corrected chi connectivity index (χ3v) is 16.5. The smallest absolute Gasteiger partial charge is 0.297 e. The summed E-state index contributed by atoms with van der Waals surface area (Å²) in [6.07, 6.45) is 4.25. The van der Waals surface area contributed by atoms with Gasteiger partial charge in [-0.2, -0.15) is 25.3 Å². The number of aliphatic hydroxyl groups is 2. The van der Waals surface area contributed by atoms with E-state index in [0.29, 0.717) is 26.4 Å². The van der Waals surface area contributed by atoms with E-state index < -0.39 is 61.4 Å². The van der Waals surface area contributed by atoms with Gasteiger partial charge in [0.1, 0.15) is 48.8 Å². The fourth-order valence-electron chi connectivity index (χ4n) is 7.72. The Morgan fingerprint density at radius 2 is 1.00 bits per heavy atom. The molecule has 68 heavy (non-hydrogen) atoms. The predicted molar refractivity (Wildman–Crippen MR) is 252 cm³/mol. The van der Waals surface area contributed by atoms with Crippen LogP contribution in [0.5, 0.6) is 0 Å². The van der Waals surface area contributed by atoms with Crippen LogP contribution in [0.1, 0.15) is 37.0 Å². The van der Waals surface area contributed by atoms with Gasteiger partial charge in [-0.05, 0) is 63.6 Å². The van der Waals surface area contributed by atoms with Crippen LogP contribution >= 0.6 is 15.9 Å². The number of fused-ring (bicyclic) bond motifs is 2. The normalized spacial score (nSPS) is 29.2. The Kier molecular flexibility index (Phi) is 19.5. The van der Waals surface area contributed by atoms with Crippen molar-refractivity contribution in [3.63, 3.8) is 0 Å². The van der Waals surface area contributed by atoms with Crippen LogP contribution in [0.2, 0.25) is 0 Å². The van der Waals surface area contributed by atoms with Gasteiger partial charge in [0.2, 0.25) is 0 Å². The minimum Gasteiger partial charge on any atom is -0.394 e. The third kappa shape index (κ3) is 14.3. The van der Waals surface area contributed by atoms with Crippen molar-refractivity contribution in [3.05, 3.63) is 114 Å². The molecule has 0 saturated carbocycles. The maximum atomic E-state index is 12.2. The molecule has 0 aliphatic carbocycles. The Morgan fingerprint density at radius 1 is 0.588 bits per heavy atom. The van der Waals surface area contributed by atoms with Crippen LogP contribution < -0.4 is 0 Å². The SMILES string of the molecule is CC[C@@H](O)[C@@H]1C=CCO1.Cc1ccc(S(=O)(=O)O[C@@H](CO)[C@@H]2C=CCO2)cc1.Cc1ccc(S(=O)(=O)O[C@H]2CO[C@H]3[C@@H]2OC[C@@H]3Br)cc1.Cc1ccc(S(=O)(=O)O[C@H]2CO[C@H]3[C@@H]2OC[C@H]3C)cc1. The van der Waals surface area contributed by atoms with Gasteiger partial charge in [-0.25, -0.2) is 0 Å². The van der Waals surface area contributed by atoms with Crippen molar-refractivity contribution in [1.82, 2.24) is 0 Å². The molecule has 0 aromatic heterocycles. The lowest BCUT2D eigenvalue weighted by molar-refractivity contribution is 0.00185. The maximum Gasteiger partial charge on any atom is 0.297 e. The molecule has 21 heteroatoms. The second kappa shape index (κ2) is 24.4. The van der Waals surface area contributed by atoms with Crippen LogP contribution in [-0.4, -0.2) is 148 Å². The lowest BCUT2D eigenvalue weighted by atomic mass is 10.0. The highest BCUT2D eigenvalue weighted by Crippen LogP contribution is 2.35. The lowest BCUT2D eigenvalue weighted by Crippen LogP contribution is -2.33. The van der Waals surface area contributed by atoms with E-state index in [4.69, 9.17) is 41.0 Å². The van der Waals surface area contributed by atoms with Crippen molar-refractivity contribution in [2.24, 2.45) is 5.92 Å². The molecule has 2 N–H and O–H groups in total. The Hall–Kier alpha value is -2.97. The topological polar surface area (TPSA) is 226 Å². The highest BCUT2D eigenvalue weighted by molar-refractivity contribution is 9.09. The van der Waals surface area contributed by atoms with Gasteiger partial charge in [0.25, 0.3) is 30.4 Å². The molecule has 12 atom stereocenters. The summed E-state index contributed by atoms with van der Waals surface area (Å²) in [7, 11) is -11.5. The number of aryl methyl sites for hydroxylation is 3. The van der Waals surface area contributed by atoms with E-state index in [0.717, 1.165) is 23.1 Å². The van der Waals surface area contributed by atoms with E-state index in [-0.39, 0.29) is 75.3 Å². The molecule has 0 spiro atoms. The molecule has 6 aliphatic rings. The van der Waals surface area contributed by atoms with E-state index in [2.05, 4.69) is 15.9 Å². The highest BCUT2D eigenvalue weighted by Gasteiger charge is 2.50. The molecule has 0 unspecified atom stereocenters. The fourth-order valence-corrected chi connectivity index (χ4v) is 11.5. The van der Waals surface area contributed by atoms with Crippen molar-refractivity contribution in [3.8, 4) is 0 Å². The first-order valence-corrected chi connectivity index (χ1v) is 27.4. The second-order valence-corrected chi connectivity index (χ2v) is 22.9. The fraction of sp³-hybridized carbons (Fsp3) is 0.532. The summed E-state index contributed by atoms with van der Waals surface area (Å²) in [5, 5.41) is 18.4. The zero-order chi connectivity index (χ0) is 49.2. The summed E-state index contributed by atoms with van der Waals surface area (Å²) >= 11 is 3.45. The summed E-state index contributed by atoms with van der Waals surface area (Å²) < 4.78 is 121. The molecule has 0 bridgehead atoms. The van der Waals surface area contributed by atoms with Crippen molar-refractivity contribution < 1.29 is 76.4 Å². The van der Waals surface area contributed by atoms with Gasteiger partial charge < -0.3 is 38.6 Å². The van der Waals surface area contributed by atoms with Gasteiger partial charge in [0.05, 0.1) is 78.0 Å². The largest absolute Gasteiger partial charge is 0.394 e. The quantitative estimate of drug-likeness (QED) is 0.132. The van der Waals surface area contributed by atoms with Crippen LogP contribution in [0, 0.1) is 26.7 Å². The number of benzene rings is 3. The van der Waals surface area contributed by atoms with Crippen molar-refractivity contribution >= 4 is 46.3 Å². The number of rotatable bonds is 13. The molecule has 9 rings (SSSR count). The summed E-state index contributed by atoms with van der Waals surface area (Å²) in [6, 6.07) is 19.5. The van der Waals surface area contributed by atoms with Gasteiger partial charge in [-0.15, -0.1) is 0 Å². The minimum atomic E-state index is -3.90. The van der Waals surface area contributed by atoms with Crippen LogP contribution in [-0.2, 0) is 71.3 Å². The number of hydrogen-bond acceptors (Lipinski definition) is 17. The van der Waals surface area contributed by atoms with Crippen molar-refractivity contribution in [2.75, 3.05) is 46.2 Å². The van der Waals surface area contributed by atoms with Crippen LogP contribution in [0.4, 0.5) is 0 Å². The van der Waals surface area contributed by atoms with E-state index in [1.54, 1.807) is 72.8 Å². The van der Waals surface area contributed by atoms with Gasteiger partial charge >= 0.3 is 0 Å². The summed E-state index contributed by atoms with van der Waals surface area (Å²) in [5.41, 5.74) is 2.95. The molecular weight excluding hydrogens is 1010 g/mol.